The summed E-state index contributed by atoms with van der Waals surface area (Å²) in [5.74, 6) is 0. The number of rotatable bonds is 3. The van der Waals surface area contributed by atoms with Crippen LogP contribution in [0, 0.1) is 0 Å². The van der Waals surface area contributed by atoms with Gasteiger partial charge in [0.1, 0.15) is 0 Å². The average Bonchev–Trinajstić information content (AvgIpc) is 2.38. The second-order valence-corrected chi connectivity index (χ2v) is 7.45. The Morgan fingerprint density at radius 2 is 1.65 bits per heavy atom. The van der Waals surface area contributed by atoms with Gasteiger partial charge < -0.3 is 10.4 Å². The van der Waals surface area contributed by atoms with Crippen molar-refractivity contribution in [1.29, 1.82) is 0 Å². The van der Waals surface area contributed by atoms with E-state index in [9.17, 15) is 5.11 Å². The first-order chi connectivity index (χ1) is 9.29. The minimum absolute atomic E-state index is 0.162. The zero-order valence-electron chi connectivity index (χ0n) is 13.4. The van der Waals surface area contributed by atoms with E-state index in [0.29, 0.717) is 6.04 Å². The van der Waals surface area contributed by atoms with Crippen molar-refractivity contribution in [1.82, 2.24) is 5.32 Å². The SMILES string of the molecule is CC(C)(C)c1ccc(C(C)(O)CC2CCCCN2)cc1. The van der Waals surface area contributed by atoms with Crippen LogP contribution in [-0.4, -0.2) is 17.7 Å². The molecule has 0 saturated carbocycles. The van der Waals surface area contributed by atoms with Crippen molar-refractivity contribution in [3.8, 4) is 0 Å². The molecule has 1 saturated heterocycles. The molecule has 1 fully saturated rings. The van der Waals surface area contributed by atoms with Crippen molar-refractivity contribution < 1.29 is 5.11 Å². The second-order valence-electron chi connectivity index (χ2n) is 7.45. The number of piperidine rings is 1. The van der Waals surface area contributed by atoms with Gasteiger partial charge in [0, 0.05) is 6.04 Å². The lowest BCUT2D eigenvalue weighted by Crippen LogP contribution is -2.39. The van der Waals surface area contributed by atoms with Gasteiger partial charge in [-0.2, -0.15) is 0 Å². The lowest BCUT2D eigenvalue weighted by atomic mass is 9.83. The predicted molar refractivity (Wildman–Crippen MR) is 85.0 cm³/mol. The largest absolute Gasteiger partial charge is 0.385 e. The summed E-state index contributed by atoms with van der Waals surface area (Å²) in [4.78, 5) is 0. The van der Waals surface area contributed by atoms with Crippen LogP contribution >= 0.6 is 0 Å². The quantitative estimate of drug-likeness (QED) is 0.881. The third-order valence-electron chi connectivity index (χ3n) is 4.43. The fraction of sp³-hybridized carbons (Fsp3) is 0.667. The van der Waals surface area contributed by atoms with Crippen LogP contribution < -0.4 is 5.32 Å². The minimum atomic E-state index is -0.745. The number of benzene rings is 1. The van der Waals surface area contributed by atoms with Crippen molar-refractivity contribution in [3.63, 3.8) is 0 Å². The third-order valence-corrected chi connectivity index (χ3v) is 4.43. The first kappa shape index (κ1) is 15.5. The Bertz CT molecular complexity index is 422. The third kappa shape index (κ3) is 3.83. The van der Waals surface area contributed by atoms with Gasteiger partial charge in [0.15, 0.2) is 0 Å². The molecule has 1 aromatic rings. The molecule has 2 nitrogen and oxygen atoms in total. The molecule has 0 amide bonds. The van der Waals surface area contributed by atoms with Crippen LogP contribution in [-0.2, 0) is 11.0 Å². The van der Waals surface area contributed by atoms with Crippen molar-refractivity contribution in [2.45, 2.75) is 70.4 Å². The predicted octanol–water partition coefficient (Wildman–Crippen LogP) is 3.72. The maximum Gasteiger partial charge on any atom is 0.0883 e. The highest BCUT2D eigenvalue weighted by atomic mass is 16.3. The van der Waals surface area contributed by atoms with Gasteiger partial charge in [0.05, 0.1) is 5.60 Å². The van der Waals surface area contributed by atoms with Gasteiger partial charge in [-0.05, 0) is 49.3 Å². The summed E-state index contributed by atoms with van der Waals surface area (Å²) >= 11 is 0. The molecule has 1 heterocycles. The van der Waals surface area contributed by atoms with Crippen LogP contribution in [0.4, 0.5) is 0 Å². The zero-order chi connectivity index (χ0) is 14.8. The van der Waals surface area contributed by atoms with Crippen LogP contribution in [0.5, 0.6) is 0 Å². The van der Waals surface area contributed by atoms with Crippen molar-refractivity contribution in [2.75, 3.05) is 6.54 Å². The molecule has 2 heteroatoms. The highest BCUT2D eigenvalue weighted by Gasteiger charge is 2.28. The van der Waals surface area contributed by atoms with Gasteiger partial charge in [-0.3, -0.25) is 0 Å². The molecule has 0 aliphatic carbocycles. The van der Waals surface area contributed by atoms with E-state index < -0.39 is 5.60 Å². The van der Waals surface area contributed by atoms with Gasteiger partial charge in [0.2, 0.25) is 0 Å². The van der Waals surface area contributed by atoms with Crippen molar-refractivity contribution in [3.05, 3.63) is 35.4 Å². The van der Waals surface area contributed by atoms with Gasteiger partial charge in [-0.1, -0.05) is 51.5 Å². The molecule has 1 aliphatic rings. The standard InChI is InChI=1S/C18H29NO/c1-17(2,3)14-8-10-15(11-9-14)18(4,20)13-16-7-5-6-12-19-16/h8-11,16,19-20H,5-7,12-13H2,1-4H3. The van der Waals surface area contributed by atoms with Gasteiger partial charge in [-0.15, -0.1) is 0 Å². The molecule has 2 rings (SSSR count). The Kier molecular flexibility index (Phi) is 4.55. The molecule has 2 atom stereocenters. The molecule has 1 aromatic carbocycles. The van der Waals surface area contributed by atoms with Gasteiger partial charge in [0.25, 0.3) is 0 Å². The molecule has 1 aliphatic heterocycles. The molecule has 0 spiro atoms. The van der Waals surface area contributed by atoms with Crippen LogP contribution in [0.3, 0.4) is 0 Å². The Labute approximate surface area is 123 Å². The average molecular weight is 275 g/mol. The minimum Gasteiger partial charge on any atom is -0.385 e. The highest BCUT2D eigenvalue weighted by molar-refractivity contribution is 5.30. The molecule has 0 bridgehead atoms. The first-order valence-electron chi connectivity index (χ1n) is 7.86. The van der Waals surface area contributed by atoms with E-state index in [1.807, 2.05) is 6.92 Å². The second kappa shape index (κ2) is 5.87. The maximum absolute atomic E-state index is 10.8. The van der Waals surface area contributed by atoms with E-state index in [2.05, 4.69) is 50.4 Å². The van der Waals surface area contributed by atoms with Gasteiger partial charge >= 0.3 is 0 Å². The molecule has 0 radical (unpaired) electrons. The van der Waals surface area contributed by atoms with E-state index in [4.69, 9.17) is 0 Å². The Morgan fingerprint density at radius 1 is 1.05 bits per heavy atom. The topological polar surface area (TPSA) is 32.3 Å². The monoisotopic (exact) mass is 275 g/mol. The number of hydrogen-bond acceptors (Lipinski definition) is 2. The Hall–Kier alpha value is -0.860. The lowest BCUT2D eigenvalue weighted by Gasteiger charge is -2.32. The number of hydrogen-bond donors (Lipinski definition) is 2. The smallest absolute Gasteiger partial charge is 0.0883 e. The zero-order valence-corrected chi connectivity index (χ0v) is 13.4. The summed E-state index contributed by atoms with van der Waals surface area (Å²) in [6.07, 6.45) is 4.51. The van der Waals surface area contributed by atoms with E-state index in [-0.39, 0.29) is 5.41 Å². The molecule has 2 unspecified atom stereocenters. The Balaban J connectivity index is 2.08. The summed E-state index contributed by atoms with van der Waals surface area (Å²) in [6, 6.07) is 8.92. The number of aliphatic hydroxyl groups is 1. The van der Waals surface area contributed by atoms with E-state index in [1.54, 1.807) is 0 Å². The van der Waals surface area contributed by atoms with Gasteiger partial charge in [-0.25, -0.2) is 0 Å². The van der Waals surface area contributed by atoms with Crippen LogP contribution in [0.1, 0.15) is 64.5 Å². The van der Waals surface area contributed by atoms with Crippen LogP contribution in [0.2, 0.25) is 0 Å². The Morgan fingerprint density at radius 3 is 2.15 bits per heavy atom. The molecular weight excluding hydrogens is 246 g/mol. The van der Waals surface area contributed by atoms with Crippen molar-refractivity contribution in [2.24, 2.45) is 0 Å². The summed E-state index contributed by atoms with van der Waals surface area (Å²) in [7, 11) is 0. The van der Waals surface area contributed by atoms with Crippen LogP contribution in [0.25, 0.3) is 0 Å². The van der Waals surface area contributed by atoms with Crippen molar-refractivity contribution >= 4 is 0 Å². The summed E-state index contributed by atoms with van der Waals surface area (Å²) in [5.41, 5.74) is 1.76. The lowest BCUT2D eigenvalue weighted by molar-refractivity contribution is 0.0332. The summed E-state index contributed by atoms with van der Waals surface area (Å²) in [6.45, 7) is 9.67. The normalized spacial score (nSPS) is 23.4. The molecule has 0 aromatic heterocycles. The van der Waals surface area contributed by atoms with E-state index in [0.717, 1.165) is 18.5 Å². The summed E-state index contributed by atoms with van der Waals surface area (Å²) < 4.78 is 0. The van der Waals surface area contributed by atoms with Crippen LogP contribution in [0.15, 0.2) is 24.3 Å². The first-order valence-corrected chi connectivity index (χ1v) is 7.86. The van der Waals surface area contributed by atoms with E-state index in [1.165, 1.54) is 24.8 Å². The molecule has 2 N–H and O–H groups in total. The maximum atomic E-state index is 10.8. The molecule has 112 valence electrons. The molecule has 20 heavy (non-hydrogen) atoms. The molecular formula is C18H29NO. The fourth-order valence-electron chi connectivity index (χ4n) is 3.03. The number of nitrogens with one attached hydrogen (secondary N) is 1. The highest BCUT2D eigenvalue weighted by Crippen LogP contribution is 2.30. The fourth-order valence-corrected chi connectivity index (χ4v) is 3.03. The van der Waals surface area contributed by atoms with E-state index >= 15 is 0 Å². The summed E-state index contributed by atoms with van der Waals surface area (Å²) in [5, 5.41) is 14.3.